The minimum atomic E-state index is 0.103. The topological polar surface area (TPSA) is 17.1 Å². The van der Waals surface area contributed by atoms with E-state index in [4.69, 9.17) is 0 Å². The molecule has 0 radical (unpaired) electrons. The summed E-state index contributed by atoms with van der Waals surface area (Å²) in [4.78, 5) is 12.6. The Kier molecular flexibility index (Phi) is 1.97. The van der Waals surface area contributed by atoms with Crippen molar-refractivity contribution in [2.75, 3.05) is 0 Å². The van der Waals surface area contributed by atoms with Crippen LogP contribution in [0.15, 0.2) is 0 Å². The van der Waals surface area contributed by atoms with E-state index in [1.807, 2.05) is 0 Å². The Labute approximate surface area is 99.0 Å². The van der Waals surface area contributed by atoms with Crippen molar-refractivity contribution in [3.05, 3.63) is 0 Å². The fourth-order valence-electron chi connectivity index (χ4n) is 5.30. The lowest BCUT2D eigenvalue weighted by atomic mass is 9.53. The summed E-state index contributed by atoms with van der Waals surface area (Å²) < 4.78 is 0. The highest BCUT2D eigenvalue weighted by atomic mass is 16.1. The van der Waals surface area contributed by atoms with E-state index in [2.05, 4.69) is 20.8 Å². The number of rotatable bonds is 1. The Balaban J connectivity index is 2.08. The molecular formula is C15H24O. The molecule has 0 saturated heterocycles. The Morgan fingerprint density at radius 3 is 2.62 bits per heavy atom. The summed E-state index contributed by atoms with van der Waals surface area (Å²) >= 11 is 0. The predicted octanol–water partition coefficient (Wildman–Crippen LogP) is 3.96. The van der Waals surface area contributed by atoms with E-state index in [0.717, 1.165) is 6.42 Å². The van der Waals surface area contributed by atoms with Crippen molar-refractivity contribution >= 4 is 5.78 Å². The van der Waals surface area contributed by atoms with E-state index in [9.17, 15) is 4.79 Å². The second-order valence-corrected chi connectivity index (χ2v) is 7.16. The second kappa shape index (κ2) is 2.91. The quantitative estimate of drug-likeness (QED) is 0.653. The molecule has 1 nitrogen and oxygen atoms in total. The molecule has 3 saturated carbocycles. The van der Waals surface area contributed by atoms with Crippen LogP contribution < -0.4 is 0 Å². The molecule has 0 aliphatic heterocycles. The van der Waals surface area contributed by atoms with E-state index in [1.165, 1.54) is 38.5 Å². The first-order valence-electron chi connectivity index (χ1n) is 7.02. The summed E-state index contributed by atoms with van der Waals surface area (Å²) in [6.07, 6.45) is 8.59. The van der Waals surface area contributed by atoms with E-state index < -0.39 is 0 Å². The van der Waals surface area contributed by atoms with Crippen LogP contribution >= 0.6 is 0 Å². The first-order chi connectivity index (χ1) is 7.47. The molecular weight excluding hydrogens is 196 g/mol. The standard InChI is InChI=1S/C15H24O/c1-4-14-8-9-15(10-14)11(12(14)16)6-5-7-13(15,2)3/h11H,4-10H2,1-3H3. The van der Waals surface area contributed by atoms with Crippen LogP contribution in [0, 0.1) is 22.2 Å². The Morgan fingerprint density at radius 1 is 1.25 bits per heavy atom. The van der Waals surface area contributed by atoms with Crippen LogP contribution in [0.1, 0.15) is 65.7 Å². The lowest BCUT2D eigenvalue weighted by Crippen LogP contribution is -2.46. The van der Waals surface area contributed by atoms with Crippen LogP contribution in [0.3, 0.4) is 0 Å². The highest BCUT2D eigenvalue weighted by molar-refractivity contribution is 5.91. The molecule has 3 aliphatic rings. The van der Waals surface area contributed by atoms with Gasteiger partial charge in [0.1, 0.15) is 5.78 Å². The van der Waals surface area contributed by atoms with Gasteiger partial charge in [-0.05, 0) is 49.4 Å². The van der Waals surface area contributed by atoms with Crippen molar-refractivity contribution in [3.8, 4) is 0 Å². The fraction of sp³-hybridized carbons (Fsp3) is 0.933. The first kappa shape index (κ1) is 10.8. The van der Waals surface area contributed by atoms with Crippen molar-refractivity contribution in [2.24, 2.45) is 22.2 Å². The van der Waals surface area contributed by atoms with Crippen molar-refractivity contribution in [1.29, 1.82) is 0 Å². The zero-order valence-electron chi connectivity index (χ0n) is 10.9. The molecule has 0 heterocycles. The number of ketones is 1. The highest BCUT2D eigenvalue weighted by Crippen LogP contribution is 2.73. The van der Waals surface area contributed by atoms with Crippen LogP contribution in [-0.2, 0) is 4.79 Å². The third kappa shape index (κ3) is 0.966. The summed E-state index contributed by atoms with van der Waals surface area (Å²) in [7, 11) is 0. The molecule has 0 aromatic rings. The van der Waals surface area contributed by atoms with Gasteiger partial charge >= 0.3 is 0 Å². The maximum Gasteiger partial charge on any atom is 0.142 e. The molecule has 16 heavy (non-hydrogen) atoms. The van der Waals surface area contributed by atoms with E-state index in [0.29, 0.717) is 22.5 Å². The molecule has 0 N–H and O–H groups in total. The smallest absolute Gasteiger partial charge is 0.142 e. The van der Waals surface area contributed by atoms with Crippen molar-refractivity contribution in [3.63, 3.8) is 0 Å². The summed E-state index contributed by atoms with van der Waals surface area (Å²) in [5, 5.41) is 0. The lowest BCUT2D eigenvalue weighted by Gasteiger charge is -2.51. The Morgan fingerprint density at radius 2 is 2.00 bits per heavy atom. The van der Waals surface area contributed by atoms with Gasteiger partial charge in [-0.2, -0.15) is 0 Å². The van der Waals surface area contributed by atoms with Crippen molar-refractivity contribution in [2.45, 2.75) is 65.7 Å². The molecule has 0 aromatic heterocycles. The van der Waals surface area contributed by atoms with Gasteiger partial charge < -0.3 is 0 Å². The Hall–Kier alpha value is -0.330. The van der Waals surface area contributed by atoms with Gasteiger partial charge in [0.25, 0.3) is 0 Å². The first-order valence-corrected chi connectivity index (χ1v) is 7.02. The van der Waals surface area contributed by atoms with Gasteiger partial charge in [0, 0.05) is 11.3 Å². The summed E-state index contributed by atoms with van der Waals surface area (Å²) in [5.74, 6) is 1.07. The molecule has 3 unspecified atom stereocenters. The third-order valence-electron chi connectivity index (χ3n) is 6.53. The minimum absolute atomic E-state index is 0.103. The van der Waals surface area contributed by atoms with Crippen molar-refractivity contribution < 1.29 is 4.79 Å². The zero-order valence-corrected chi connectivity index (χ0v) is 10.9. The van der Waals surface area contributed by atoms with Crippen LogP contribution in [0.2, 0.25) is 0 Å². The number of carbonyl (C=O) groups excluding carboxylic acids is 1. The number of fused-ring (bicyclic) bond motifs is 1. The summed E-state index contributed by atoms with van der Waals surface area (Å²) in [6.45, 7) is 7.06. The number of carbonyl (C=O) groups is 1. The van der Waals surface area contributed by atoms with Gasteiger partial charge in [-0.25, -0.2) is 0 Å². The molecule has 1 heteroatoms. The molecule has 90 valence electrons. The van der Waals surface area contributed by atoms with Gasteiger partial charge in [0.15, 0.2) is 0 Å². The predicted molar refractivity (Wildman–Crippen MR) is 65.1 cm³/mol. The largest absolute Gasteiger partial charge is 0.299 e. The normalized spacial score (nSPS) is 49.4. The van der Waals surface area contributed by atoms with E-state index in [-0.39, 0.29) is 5.41 Å². The zero-order chi connectivity index (χ0) is 11.6. The molecule has 3 rings (SSSR count). The molecule has 1 spiro atoms. The fourth-order valence-corrected chi connectivity index (χ4v) is 5.30. The molecule has 3 aliphatic carbocycles. The molecule has 2 bridgehead atoms. The number of hydrogen-bond donors (Lipinski definition) is 0. The SMILES string of the molecule is CCC12CCC3(C1)C(CCCC3(C)C)C2=O. The molecule has 0 amide bonds. The summed E-state index contributed by atoms with van der Waals surface area (Å²) in [5.41, 5.74) is 0.892. The highest BCUT2D eigenvalue weighted by Gasteiger charge is 2.69. The van der Waals surface area contributed by atoms with Gasteiger partial charge in [0.2, 0.25) is 0 Å². The van der Waals surface area contributed by atoms with Gasteiger partial charge in [-0.3, -0.25) is 4.79 Å². The lowest BCUT2D eigenvalue weighted by molar-refractivity contribution is -0.137. The molecule has 3 atom stereocenters. The van der Waals surface area contributed by atoms with Crippen LogP contribution in [-0.4, -0.2) is 5.78 Å². The van der Waals surface area contributed by atoms with Gasteiger partial charge in [-0.1, -0.05) is 27.2 Å². The molecule has 0 aromatic carbocycles. The van der Waals surface area contributed by atoms with E-state index >= 15 is 0 Å². The second-order valence-electron chi connectivity index (χ2n) is 7.16. The number of hydrogen-bond acceptors (Lipinski definition) is 1. The monoisotopic (exact) mass is 220 g/mol. The van der Waals surface area contributed by atoms with Crippen LogP contribution in [0.5, 0.6) is 0 Å². The average molecular weight is 220 g/mol. The van der Waals surface area contributed by atoms with Gasteiger partial charge in [-0.15, -0.1) is 0 Å². The molecule has 3 fully saturated rings. The van der Waals surface area contributed by atoms with Gasteiger partial charge in [0.05, 0.1) is 0 Å². The minimum Gasteiger partial charge on any atom is -0.299 e. The maximum absolute atomic E-state index is 12.6. The van der Waals surface area contributed by atoms with Crippen LogP contribution in [0.4, 0.5) is 0 Å². The van der Waals surface area contributed by atoms with Crippen molar-refractivity contribution in [1.82, 2.24) is 0 Å². The summed E-state index contributed by atoms with van der Waals surface area (Å²) in [6, 6.07) is 0. The van der Waals surface area contributed by atoms with E-state index in [1.54, 1.807) is 0 Å². The Bertz CT molecular complexity index is 343. The van der Waals surface area contributed by atoms with Crippen LogP contribution in [0.25, 0.3) is 0 Å². The number of Topliss-reactive ketones (excluding diaryl/α,β-unsaturated/α-hetero) is 1. The maximum atomic E-state index is 12.6. The third-order valence-corrected chi connectivity index (χ3v) is 6.53. The average Bonchev–Trinajstić information content (AvgIpc) is 2.74.